The molecule has 2 rings (SSSR count). The fraction of sp³-hybridized carbons (Fsp3) is 0.375. The average molecular weight is 430 g/mol. The molecule has 0 saturated heterocycles. The smallest absolute Gasteiger partial charge is 0.191 e. The molecule has 0 fully saturated rings. The van der Waals surface area contributed by atoms with E-state index in [9.17, 15) is 0 Å². The van der Waals surface area contributed by atoms with Crippen LogP contribution in [0.1, 0.15) is 23.2 Å². The standard InChI is InChI=1S/C16H22N4S.HI/c1-3-17-16(19-11-14-7-5-4-6-8-14)18-10-9-15-12-21-13(2)20-15;/h4-8,12H,3,9-11H2,1-2H3,(H2,17,18,19);1H. The number of rotatable bonds is 6. The quantitative estimate of drug-likeness (QED) is 0.420. The second-order valence-corrected chi connectivity index (χ2v) is 5.78. The lowest BCUT2D eigenvalue weighted by molar-refractivity contribution is 0.790. The monoisotopic (exact) mass is 430 g/mol. The highest BCUT2D eigenvalue weighted by atomic mass is 127. The van der Waals surface area contributed by atoms with Crippen LogP contribution in [0.2, 0.25) is 0 Å². The van der Waals surface area contributed by atoms with Crippen molar-refractivity contribution in [2.24, 2.45) is 4.99 Å². The Bertz CT molecular complexity index is 569. The zero-order valence-electron chi connectivity index (χ0n) is 13.0. The van der Waals surface area contributed by atoms with Gasteiger partial charge in [-0.25, -0.2) is 9.98 Å². The van der Waals surface area contributed by atoms with Gasteiger partial charge in [0, 0.05) is 24.9 Å². The van der Waals surface area contributed by atoms with E-state index in [4.69, 9.17) is 0 Å². The highest BCUT2D eigenvalue weighted by molar-refractivity contribution is 14.0. The van der Waals surface area contributed by atoms with Gasteiger partial charge in [0.2, 0.25) is 0 Å². The second-order valence-electron chi connectivity index (χ2n) is 4.72. The van der Waals surface area contributed by atoms with Gasteiger partial charge in [-0.05, 0) is 19.4 Å². The van der Waals surface area contributed by atoms with Crippen molar-refractivity contribution in [3.05, 3.63) is 52.0 Å². The Morgan fingerprint density at radius 1 is 1.23 bits per heavy atom. The number of nitrogens with zero attached hydrogens (tertiary/aromatic N) is 2. The highest BCUT2D eigenvalue weighted by Crippen LogP contribution is 2.07. The molecule has 120 valence electrons. The molecule has 2 aromatic rings. The van der Waals surface area contributed by atoms with Crippen LogP contribution in [0.15, 0.2) is 40.7 Å². The third-order valence-corrected chi connectivity index (χ3v) is 3.77. The third-order valence-electron chi connectivity index (χ3n) is 2.95. The Morgan fingerprint density at radius 3 is 2.64 bits per heavy atom. The Balaban J connectivity index is 0.00000242. The molecule has 1 heterocycles. The molecule has 6 heteroatoms. The van der Waals surface area contributed by atoms with Crippen LogP contribution in [0.4, 0.5) is 0 Å². The van der Waals surface area contributed by atoms with Crippen LogP contribution >= 0.6 is 35.3 Å². The van der Waals surface area contributed by atoms with Crippen LogP contribution < -0.4 is 10.6 Å². The van der Waals surface area contributed by atoms with E-state index in [0.29, 0.717) is 6.54 Å². The number of aliphatic imine (C=N–C) groups is 1. The molecule has 0 spiro atoms. The predicted octanol–water partition coefficient (Wildman–Crippen LogP) is 3.37. The molecule has 0 amide bonds. The first-order chi connectivity index (χ1) is 10.3. The van der Waals surface area contributed by atoms with E-state index in [1.807, 2.05) is 25.1 Å². The highest BCUT2D eigenvalue weighted by Gasteiger charge is 2.00. The lowest BCUT2D eigenvalue weighted by Crippen LogP contribution is -2.38. The molecule has 22 heavy (non-hydrogen) atoms. The van der Waals surface area contributed by atoms with E-state index in [0.717, 1.165) is 36.2 Å². The molecule has 0 atom stereocenters. The minimum atomic E-state index is 0. The summed E-state index contributed by atoms with van der Waals surface area (Å²) in [4.78, 5) is 9.06. The van der Waals surface area contributed by atoms with Gasteiger partial charge in [-0.2, -0.15) is 0 Å². The maximum absolute atomic E-state index is 4.60. The van der Waals surface area contributed by atoms with E-state index >= 15 is 0 Å². The molecule has 0 unspecified atom stereocenters. The van der Waals surface area contributed by atoms with E-state index in [-0.39, 0.29) is 24.0 Å². The Morgan fingerprint density at radius 2 is 2.00 bits per heavy atom. The largest absolute Gasteiger partial charge is 0.357 e. The maximum atomic E-state index is 4.60. The van der Waals surface area contributed by atoms with Crippen molar-refractivity contribution < 1.29 is 0 Å². The van der Waals surface area contributed by atoms with Crippen LogP contribution in [-0.4, -0.2) is 24.0 Å². The number of hydrogen-bond donors (Lipinski definition) is 2. The number of hydrogen-bond acceptors (Lipinski definition) is 3. The first-order valence-electron chi connectivity index (χ1n) is 7.25. The van der Waals surface area contributed by atoms with Gasteiger partial charge in [0.25, 0.3) is 0 Å². The predicted molar refractivity (Wildman–Crippen MR) is 105 cm³/mol. The lowest BCUT2D eigenvalue weighted by atomic mass is 10.2. The topological polar surface area (TPSA) is 49.3 Å². The summed E-state index contributed by atoms with van der Waals surface area (Å²) in [6.07, 6.45) is 0.917. The number of benzene rings is 1. The van der Waals surface area contributed by atoms with Gasteiger partial charge in [0.15, 0.2) is 5.96 Å². The summed E-state index contributed by atoms with van der Waals surface area (Å²) in [6, 6.07) is 10.3. The normalized spacial score (nSPS) is 10.9. The van der Waals surface area contributed by atoms with Crippen molar-refractivity contribution in [1.82, 2.24) is 15.6 Å². The SMILES string of the molecule is CCNC(=NCc1ccccc1)NCCc1csc(C)n1.I. The van der Waals surface area contributed by atoms with Gasteiger partial charge in [0.05, 0.1) is 17.2 Å². The summed E-state index contributed by atoms with van der Waals surface area (Å²) >= 11 is 1.70. The van der Waals surface area contributed by atoms with Gasteiger partial charge in [-0.15, -0.1) is 35.3 Å². The Kier molecular flexibility index (Phi) is 9.07. The number of thiazole rings is 1. The van der Waals surface area contributed by atoms with Gasteiger partial charge >= 0.3 is 0 Å². The van der Waals surface area contributed by atoms with Crippen LogP contribution in [-0.2, 0) is 13.0 Å². The summed E-state index contributed by atoms with van der Waals surface area (Å²) in [5.74, 6) is 0.855. The van der Waals surface area contributed by atoms with Crippen molar-refractivity contribution in [3.8, 4) is 0 Å². The fourth-order valence-electron chi connectivity index (χ4n) is 1.93. The molecule has 0 aliphatic rings. The van der Waals surface area contributed by atoms with Crippen molar-refractivity contribution in [2.75, 3.05) is 13.1 Å². The fourth-order valence-corrected chi connectivity index (χ4v) is 2.57. The van der Waals surface area contributed by atoms with Crippen LogP contribution in [0.3, 0.4) is 0 Å². The van der Waals surface area contributed by atoms with Gasteiger partial charge in [0.1, 0.15) is 0 Å². The van der Waals surface area contributed by atoms with E-state index in [1.54, 1.807) is 11.3 Å². The van der Waals surface area contributed by atoms with Crippen molar-refractivity contribution in [3.63, 3.8) is 0 Å². The number of halogens is 1. The van der Waals surface area contributed by atoms with Crippen LogP contribution in [0.5, 0.6) is 0 Å². The minimum Gasteiger partial charge on any atom is -0.357 e. The number of nitrogens with one attached hydrogen (secondary N) is 2. The van der Waals surface area contributed by atoms with E-state index < -0.39 is 0 Å². The maximum Gasteiger partial charge on any atom is 0.191 e. The average Bonchev–Trinajstić information content (AvgIpc) is 2.91. The molecular formula is C16H23IN4S. The minimum absolute atomic E-state index is 0. The van der Waals surface area contributed by atoms with Crippen LogP contribution in [0.25, 0.3) is 0 Å². The number of aromatic nitrogens is 1. The van der Waals surface area contributed by atoms with Crippen molar-refractivity contribution in [1.29, 1.82) is 0 Å². The zero-order chi connectivity index (χ0) is 14.9. The molecule has 1 aromatic carbocycles. The number of guanidine groups is 1. The second kappa shape index (κ2) is 10.6. The van der Waals surface area contributed by atoms with Crippen molar-refractivity contribution >= 4 is 41.3 Å². The molecular weight excluding hydrogens is 407 g/mol. The van der Waals surface area contributed by atoms with Crippen LogP contribution in [0, 0.1) is 6.92 Å². The Labute approximate surface area is 153 Å². The molecule has 0 aliphatic heterocycles. The molecule has 0 saturated carbocycles. The molecule has 2 N–H and O–H groups in total. The molecule has 0 radical (unpaired) electrons. The zero-order valence-corrected chi connectivity index (χ0v) is 16.2. The molecule has 1 aromatic heterocycles. The van der Waals surface area contributed by atoms with Crippen molar-refractivity contribution in [2.45, 2.75) is 26.8 Å². The summed E-state index contributed by atoms with van der Waals surface area (Å²) < 4.78 is 0. The first kappa shape index (κ1) is 18.9. The lowest BCUT2D eigenvalue weighted by Gasteiger charge is -2.10. The third kappa shape index (κ3) is 6.74. The van der Waals surface area contributed by atoms with Gasteiger partial charge in [-0.1, -0.05) is 30.3 Å². The summed E-state index contributed by atoms with van der Waals surface area (Å²) in [6.45, 7) is 6.49. The van der Waals surface area contributed by atoms with Gasteiger partial charge in [-0.3, -0.25) is 0 Å². The molecule has 4 nitrogen and oxygen atoms in total. The molecule has 0 aliphatic carbocycles. The van der Waals surface area contributed by atoms with E-state index in [2.05, 4.69) is 45.0 Å². The Hall–Kier alpha value is -1.15. The number of aryl methyl sites for hydroxylation is 1. The van der Waals surface area contributed by atoms with Gasteiger partial charge < -0.3 is 10.6 Å². The van der Waals surface area contributed by atoms with E-state index in [1.165, 1.54) is 5.56 Å². The first-order valence-corrected chi connectivity index (χ1v) is 8.13. The summed E-state index contributed by atoms with van der Waals surface area (Å²) in [7, 11) is 0. The summed E-state index contributed by atoms with van der Waals surface area (Å²) in [5, 5.41) is 9.85. The molecule has 0 bridgehead atoms. The summed E-state index contributed by atoms with van der Waals surface area (Å²) in [5.41, 5.74) is 2.36.